The Bertz CT molecular complexity index is 617. The average Bonchev–Trinajstić information content (AvgIpc) is 2.97. The molecule has 0 unspecified atom stereocenters. The van der Waals surface area contributed by atoms with E-state index in [4.69, 9.17) is 0 Å². The maximum atomic E-state index is 12.8. The van der Waals surface area contributed by atoms with Crippen molar-refractivity contribution >= 4 is 17.5 Å². The van der Waals surface area contributed by atoms with Crippen LogP contribution in [-0.4, -0.2) is 36.9 Å². The number of rotatable bonds is 0. The lowest BCUT2D eigenvalue weighted by Crippen LogP contribution is -2.44. The zero-order valence-electron chi connectivity index (χ0n) is 13.1. The number of hydrogen-bond acceptors (Lipinski definition) is 2. The Hall–Kier alpha value is -1.84. The van der Waals surface area contributed by atoms with Gasteiger partial charge in [-0.2, -0.15) is 0 Å². The van der Waals surface area contributed by atoms with E-state index < -0.39 is 10.8 Å². The van der Waals surface area contributed by atoms with Crippen LogP contribution in [0.15, 0.2) is 24.3 Å². The molecular weight excluding hydrogens is 264 g/mol. The van der Waals surface area contributed by atoms with Gasteiger partial charge >= 0.3 is 0 Å². The first-order valence-electron chi connectivity index (χ1n) is 7.44. The molecule has 112 valence electrons. The van der Waals surface area contributed by atoms with Crippen molar-refractivity contribution in [2.24, 2.45) is 5.41 Å². The van der Waals surface area contributed by atoms with Crippen LogP contribution < -0.4 is 4.90 Å². The van der Waals surface area contributed by atoms with E-state index in [1.165, 1.54) is 0 Å². The quantitative estimate of drug-likeness (QED) is 0.733. The molecule has 1 fully saturated rings. The maximum absolute atomic E-state index is 12.8. The van der Waals surface area contributed by atoms with E-state index in [2.05, 4.69) is 0 Å². The number of likely N-dealkylation sites (N-methyl/N-ethyl adjacent to an activating group) is 1. The number of nitrogens with zero attached hydrogens (tertiary/aromatic N) is 2. The number of anilines is 1. The summed E-state index contributed by atoms with van der Waals surface area (Å²) < 4.78 is 0. The first-order valence-corrected chi connectivity index (χ1v) is 7.44. The number of hydrogen-bond donors (Lipinski definition) is 0. The minimum atomic E-state index is -0.535. The SMILES string of the molecule is CN1C(=O)[C@]2(CCN(C(=O)C(C)(C)C)C2)c2ccccc21. The molecule has 4 heteroatoms. The van der Waals surface area contributed by atoms with E-state index in [-0.39, 0.29) is 11.8 Å². The largest absolute Gasteiger partial charge is 0.341 e. The third kappa shape index (κ3) is 1.88. The number of fused-ring (bicyclic) bond motifs is 2. The van der Waals surface area contributed by atoms with Crippen LogP contribution in [0, 0.1) is 5.41 Å². The van der Waals surface area contributed by atoms with Crippen molar-refractivity contribution in [2.75, 3.05) is 25.0 Å². The highest BCUT2D eigenvalue weighted by atomic mass is 16.2. The Morgan fingerprint density at radius 1 is 1.24 bits per heavy atom. The van der Waals surface area contributed by atoms with Crippen LogP contribution in [0.4, 0.5) is 5.69 Å². The molecular formula is C17H22N2O2. The lowest BCUT2D eigenvalue weighted by Gasteiger charge is -2.28. The second-order valence-corrected chi connectivity index (χ2v) is 7.19. The Kier molecular flexibility index (Phi) is 2.91. The van der Waals surface area contributed by atoms with Crippen LogP contribution in [0.5, 0.6) is 0 Å². The van der Waals surface area contributed by atoms with Gasteiger partial charge in [0.05, 0.1) is 5.41 Å². The lowest BCUT2D eigenvalue weighted by molar-refractivity contribution is -0.138. The van der Waals surface area contributed by atoms with Gasteiger partial charge in [0.2, 0.25) is 11.8 Å². The molecule has 1 aromatic carbocycles. The van der Waals surface area contributed by atoms with Crippen molar-refractivity contribution in [1.82, 2.24) is 4.90 Å². The summed E-state index contributed by atoms with van der Waals surface area (Å²) in [6.45, 7) is 6.94. The van der Waals surface area contributed by atoms with Crippen LogP contribution in [0.3, 0.4) is 0 Å². The number of carbonyl (C=O) groups is 2. The molecule has 0 saturated carbocycles. The Morgan fingerprint density at radius 3 is 2.57 bits per heavy atom. The second-order valence-electron chi connectivity index (χ2n) is 7.19. The van der Waals surface area contributed by atoms with Crippen LogP contribution in [0.1, 0.15) is 32.8 Å². The average molecular weight is 286 g/mol. The minimum Gasteiger partial charge on any atom is -0.341 e. The van der Waals surface area contributed by atoms with Gasteiger partial charge in [0.25, 0.3) is 0 Å². The summed E-state index contributed by atoms with van der Waals surface area (Å²) in [5.74, 6) is 0.243. The van der Waals surface area contributed by atoms with Crippen LogP contribution in [0.2, 0.25) is 0 Å². The van der Waals surface area contributed by atoms with Gasteiger partial charge in [0, 0.05) is 31.2 Å². The summed E-state index contributed by atoms with van der Waals surface area (Å²) in [5.41, 5.74) is 1.11. The minimum absolute atomic E-state index is 0.118. The number of para-hydroxylation sites is 1. The molecule has 0 bridgehead atoms. The van der Waals surface area contributed by atoms with Gasteiger partial charge in [-0.05, 0) is 18.1 Å². The predicted molar refractivity (Wildman–Crippen MR) is 82.2 cm³/mol. The third-order valence-corrected chi connectivity index (χ3v) is 4.69. The van der Waals surface area contributed by atoms with Crippen molar-refractivity contribution in [3.63, 3.8) is 0 Å². The van der Waals surface area contributed by atoms with E-state index in [1.807, 2.05) is 57.0 Å². The van der Waals surface area contributed by atoms with Crippen molar-refractivity contribution in [1.29, 1.82) is 0 Å². The van der Waals surface area contributed by atoms with Gasteiger partial charge in [0.15, 0.2) is 0 Å². The molecule has 1 spiro atoms. The van der Waals surface area contributed by atoms with E-state index in [9.17, 15) is 9.59 Å². The van der Waals surface area contributed by atoms with Gasteiger partial charge in [0.1, 0.15) is 0 Å². The zero-order chi connectivity index (χ0) is 15.4. The molecule has 0 N–H and O–H groups in total. The van der Waals surface area contributed by atoms with Crippen molar-refractivity contribution < 1.29 is 9.59 Å². The molecule has 0 aliphatic carbocycles. The van der Waals surface area contributed by atoms with Crippen LogP contribution in [-0.2, 0) is 15.0 Å². The first-order chi connectivity index (χ1) is 9.77. The Morgan fingerprint density at radius 2 is 1.90 bits per heavy atom. The summed E-state index contributed by atoms with van der Waals surface area (Å²) in [4.78, 5) is 28.9. The normalized spacial score (nSPS) is 24.9. The van der Waals surface area contributed by atoms with E-state index in [0.717, 1.165) is 17.7 Å². The summed E-state index contributed by atoms with van der Waals surface area (Å²) in [7, 11) is 1.82. The fourth-order valence-electron chi connectivity index (χ4n) is 3.57. The van der Waals surface area contributed by atoms with E-state index >= 15 is 0 Å². The lowest BCUT2D eigenvalue weighted by atomic mass is 9.81. The molecule has 1 saturated heterocycles. The standard InChI is InChI=1S/C17H22N2O2/c1-16(2,3)14(20)19-10-9-17(11-19)12-7-5-6-8-13(12)18(4)15(17)21/h5-8H,9-11H2,1-4H3/t17-/m0/s1. The van der Waals surface area contributed by atoms with Gasteiger partial charge in [-0.25, -0.2) is 0 Å². The Balaban J connectivity index is 1.98. The van der Waals surface area contributed by atoms with Gasteiger partial charge in [-0.3, -0.25) is 9.59 Å². The van der Waals surface area contributed by atoms with Crippen molar-refractivity contribution in [2.45, 2.75) is 32.6 Å². The van der Waals surface area contributed by atoms with E-state index in [0.29, 0.717) is 13.1 Å². The predicted octanol–water partition coefficient (Wildman–Crippen LogP) is 2.18. The smallest absolute Gasteiger partial charge is 0.239 e. The highest BCUT2D eigenvalue weighted by molar-refractivity contribution is 6.08. The first kappa shape index (κ1) is 14.1. The number of benzene rings is 1. The molecule has 3 rings (SSSR count). The molecule has 2 aliphatic heterocycles. The number of carbonyl (C=O) groups excluding carboxylic acids is 2. The fourth-order valence-corrected chi connectivity index (χ4v) is 3.57. The molecule has 1 atom stereocenters. The fraction of sp³-hybridized carbons (Fsp3) is 0.529. The van der Waals surface area contributed by atoms with Crippen LogP contribution in [0.25, 0.3) is 0 Å². The molecule has 0 aromatic heterocycles. The molecule has 21 heavy (non-hydrogen) atoms. The molecule has 2 heterocycles. The molecule has 0 radical (unpaired) electrons. The third-order valence-electron chi connectivity index (χ3n) is 4.69. The zero-order valence-corrected chi connectivity index (χ0v) is 13.1. The number of likely N-dealkylation sites (tertiary alicyclic amines) is 1. The Labute approximate surface area is 125 Å². The molecule has 1 aromatic rings. The summed E-state index contributed by atoms with van der Waals surface area (Å²) in [6.07, 6.45) is 0.717. The topological polar surface area (TPSA) is 40.6 Å². The maximum Gasteiger partial charge on any atom is 0.239 e. The van der Waals surface area contributed by atoms with Gasteiger partial charge < -0.3 is 9.80 Å². The molecule has 2 aliphatic rings. The summed E-state index contributed by atoms with van der Waals surface area (Å²) in [5, 5.41) is 0. The summed E-state index contributed by atoms with van der Waals surface area (Å²) in [6, 6.07) is 7.94. The number of amides is 2. The highest BCUT2D eigenvalue weighted by Gasteiger charge is 2.54. The van der Waals surface area contributed by atoms with Crippen LogP contribution >= 0.6 is 0 Å². The van der Waals surface area contributed by atoms with Crippen molar-refractivity contribution in [3.05, 3.63) is 29.8 Å². The van der Waals surface area contributed by atoms with E-state index in [1.54, 1.807) is 4.90 Å². The van der Waals surface area contributed by atoms with Gasteiger partial charge in [-0.1, -0.05) is 39.0 Å². The van der Waals surface area contributed by atoms with Gasteiger partial charge in [-0.15, -0.1) is 0 Å². The van der Waals surface area contributed by atoms with Crippen molar-refractivity contribution in [3.8, 4) is 0 Å². The molecule has 4 nitrogen and oxygen atoms in total. The highest BCUT2D eigenvalue weighted by Crippen LogP contribution is 2.47. The second kappa shape index (κ2) is 4.33. The summed E-state index contributed by atoms with van der Waals surface area (Å²) >= 11 is 0. The molecule has 2 amide bonds. The monoisotopic (exact) mass is 286 g/mol.